The van der Waals surface area contributed by atoms with E-state index in [1.165, 1.54) is 6.92 Å². The maximum absolute atomic E-state index is 11.7. The molecule has 2 heterocycles. The van der Waals surface area contributed by atoms with Crippen LogP contribution < -0.4 is 7.06 Å². The van der Waals surface area contributed by atoms with Crippen LogP contribution in [0.5, 0.6) is 11.5 Å². The zero-order valence-corrected chi connectivity index (χ0v) is 18.8. The zero-order chi connectivity index (χ0) is 20.4. The summed E-state index contributed by atoms with van der Waals surface area (Å²) < 4.78 is 17.7. The molecule has 0 unspecified atom stereocenters. The standard InChI is InChI=1S/2C10H9NO.C2H4O2.Ga/c2*1-7-5-6-8-3-2-4-9(12)10(8)11-7;1-2(3)4;/h2*2-6,12H,1H3;1H3,(H,3,4);/q;;;+3/p-3. The number of aryl methyl sites for hydroxylation is 2. The molecule has 4 rings (SSSR count). The molecule has 0 fully saturated rings. The van der Waals surface area contributed by atoms with Gasteiger partial charge in [0.1, 0.15) is 0 Å². The Kier molecular flexibility index (Phi) is 5.42. The third kappa shape index (κ3) is 4.36. The molecule has 2 aromatic heterocycles. The van der Waals surface area contributed by atoms with E-state index >= 15 is 0 Å². The summed E-state index contributed by atoms with van der Waals surface area (Å²) in [5.41, 5.74) is 3.18. The van der Waals surface area contributed by atoms with E-state index in [9.17, 15) is 4.79 Å². The van der Waals surface area contributed by atoms with E-state index in [0.29, 0.717) is 22.5 Å². The summed E-state index contributed by atoms with van der Waals surface area (Å²) >= 11 is -3.49. The van der Waals surface area contributed by atoms with E-state index in [2.05, 4.69) is 9.97 Å². The molecule has 144 valence electrons. The summed E-state index contributed by atoms with van der Waals surface area (Å²) in [6.45, 7) is 5.19. The number of fused-ring (bicyclic) bond motifs is 2. The maximum atomic E-state index is 11.7. The number of carbonyl (C=O) groups is 1. The second-order valence-corrected chi connectivity index (χ2v) is 9.39. The van der Waals surface area contributed by atoms with Crippen LogP contribution in [0.1, 0.15) is 18.3 Å². The normalized spacial score (nSPS) is 10.7. The molecule has 0 saturated carbocycles. The average molecular weight is 445 g/mol. The van der Waals surface area contributed by atoms with Crippen molar-refractivity contribution in [1.29, 1.82) is 0 Å². The van der Waals surface area contributed by atoms with Gasteiger partial charge in [0.15, 0.2) is 0 Å². The predicted molar refractivity (Wildman–Crippen MR) is 112 cm³/mol. The Bertz CT molecular complexity index is 1120. The van der Waals surface area contributed by atoms with E-state index in [1.54, 1.807) is 0 Å². The topological polar surface area (TPSA) is 70.5 Å². The Morgan fingerprint density at radius 1 is 0.759 bits per heavy atom. The monoisotopic (exact) mass is 444 g/mol. The molecule has 0 amide bonds. The number of carbonyl (C=O) groups excluding carboxylic acids is 1. The first kappa shape index (κ1) is 19.3. The molecule has 29 heavy (non-hydrogen) atoms. The van der Waals surface area contributed by atoms with Gasteiger partial charge in [0.2, 0.25) is 0 Å². The van der Waals surface area contributed by atoms with Gasteiger partial charge in [-0.2, -0.15) is 0 Å². The number of nitrogens with zero attached hydrogens (tertiary/aromatic N) is 2. The number of para-hydroxylation sites is 2. The van der Waals surface area contributed by atoms with Crippen molar-refractivity contribution in [2.45, 2.75) is 20.8 Å². The van der Waals surface area contributed by atoms with E-state index in [4.69, 9.17) is 10.6 Å². The SMILES string of the molecule is CC(=O)[O][Ga]([O]c1cccc2ccc(C)nc12)[O]c1cccc2ccc(C)nc12. The van der Waals surface area contributed by atoms with Gasteiger partial charge in [-0.05, 0) is 0 Å². The van der Waals surface area contributed by atoms with Gasteiger partial charge in [-0.15, -0.1) is 0 Å². The molecular formula is C22H19GaN2O4. The molecule has 7 heteroatoms. The third-order valence-electron chi connectivity index (χ3n) is 4.35. The second kappa shape index (κ2) is 8.14. The Balaban J connectivity index is 1.71. The Hall–Kier alpha value is -3.03. The third-order valence-corrected chi connectivity index (χ3v) is 7.33. The van der Waals surface area contributed by atoms with Crippen LogP contribution >= 0.6 is 0 Å². The molecule has 0 spiro atoms. The summed E-state index contributed by atoms with van der Waals surface area (Å²) in [5, 5.41) is 1.89. The van der Waals surface area contributed by atoms with E-state index in [-0.39, 0.29) is 0 Å². The van der Waals surface area contributed by atoms with Gasteiger partial charge in [0.05, 0.1) is 0 Å². The minimum atomic E-state index is -3.49. The number of rotatable bonds is 5. The van der Waals surface area contributed by atoms with Gasteiger partial charge >= 0.3 is 175 Å². The van der Waals surface area contributed by atoms with Crippen molar-refractivity contribution in [3.8, 4) is 11.5 Å². The first-order chi connectivity index (χ1) is 14.0. The molecule has 0 atom stereocenters. The molecule has 0 aliphatic heterocycles. The van der Waals surface area contributed by atoms with Crippen LogP contribution in [0.15, 0.2) is 60.7 Å². The molecule has 0 N–H and O–H groups in total. The molecule has 2 aromatic carbocycles. The van der Waals surface area contributed by atoms with Gasteiger partial charge < -0.3 is 0 Å². The number of hydrogen-bond acceptors (Lipinski definition) is 6. The van der Waals surface area contributed by atoms with Crippen molar-refractivity contribution < 1.29 is 15.4 Å². The van der Waals surface area contributed by atoms with Crippen LogP contribution in [0.4, 0.5) is 0 Å². The number of benzene rings is 2. The molecule has 6 nitrogen and oxygen atoms in total. The van der Waals surface area contributed by atoms with E-state index in [1.807, 2.05) is 74.5 Å². The average Bonchev–Trinajstić information content (AvgIpc) is 2.68. The molecule has 0 aliphatic carbocycles. The number of hydrogen-bond donors (Lipinski definition) is 0. The second-order valence-electron chi connectivity index (χ2n) is 6.69. The van der Waals surface area contributed by atoms with E-state index < -0.39 is 23.3 Å². The van der Waals surface area contributed by atoms with Gasteiger partial charge in [-0.3, -0.25) is 0 Å². The molecule has 0 bridgehead atoms. The van der Waals surface area contributed by atoms with Crippen molar-refractivity contribution in [1.82, 2.24) is 9.97 Å². The van der Waals surface area contributed by atoms with Crippen LogP contribution in [0.25, 0.3) is 21.8 Å². The molecule has 0 saturated heterocycles. The Morgan fingerprint density at radius 2 is 1.24 bits per heavy atom. The van der Waals surface area contributed by atoms with Crippen LogP contribution in [-0.4, -0.2) is 33.2 Å². The Labute approximate surface area is 174 Å². The minimum absolute atomic E-state index is 0.441. The first-order valence-electron chi connectivity index (χ1n) is 9.23. The summed E-state index contributed by atoms with van der Waals surface area (Å²) in [6, 6.07) is 19.1. The Morgan fingerprint density at radius 3 is 1.69 bits per heavy atom. The van der Waals surface area contributed by atoms with Crippen molar-refractivity contribution in [2.24, 2.45) is 0 Å². The fourth-order valence-electron chi connectivity index (χ4n) is 3.04. The van der Waals surface area contributed by atoms with Gasteiger partial charge in [0, 0.05) is 0 Å². The van der Waals surface area contributed by atoms with Crippen LogP contribution in [0, 0.1) is 13.8 Å². The molecular weight excluding hydrogens is 426 g/mol. The summed E-state index contributed by atoms with van der Waals surface area (Å²) in [7, 11) is 0. The molecule has 0 radical (unpaired) electrons. The predicted octanol–water partition coefficient (Wildman–Crippen LogP) is 4.41. The van der Waals surface area contributed by atoms with Gasteiger partial charge in [0.25, 0.3) is 0 Å². The molecule has 4 aromatic rings. The zero-order valence-electron chi connectivity index (χ0n) is 16.4. The van der Waals surface area contributed by atoms with Crippen LogP contribution in [0.3, 0.4) is 0 Å². The van der Waals surface area contributed by atoms with Crippen molar-refractivity contribution in [3.63, 3.8) is 0 Å². The van der Waals surface area contributed by atoms with Crippen molar-refractivity contribution in [3.05, 3.63) is 72.1 Å². The first-order valence-corrected chi connectivity index (χ1v) is 12.2. The fraction of sp³-hybridized carbons (Fsp3) is 0.136. The fourth-order valence-corrected chi connectivity index (χ4v) is 5.58. The summed E-state index contributed by atoms with van der Waals surface area (Å²) in [5.74, 6) is 0.646. The van der Waals surface area contributed by atoms with Crippen LogP contribution in [0.2, 0.25) is 0 Å². The summed E-state index contributed by atoms with van der Waals surface area (Å²) in [6.07, 6.45) is 0. The number of pyridine rings is 2. The number of aromatic nitrogens is 2. The van der Waals surface area contributed by atoms with E-state index in [0.717, 1.165) is 22.2 Å². The summed E-state index contributed by atoms with van der Waals surface area (Å²) in [4.78, 5) is 20.8. The van der Waals surface area contributed by atoms with Crippen molar-refractivity contribution >= 4 is 45.1 Å². The van der Waals surface area contributed by atoms with Gasteiger partial charge in [-0.1, -0.05) is 0 Å². The van der Waals surface area contributed by atoms with Crippen LogP contribution in [-0.2, 0) is 8.32 Å². The van der Waals surface area contributed by atoms with Crippen molar-refractivity contribution in [2.75, 3.05) is 0 Å². The quantitative estimate of drug-likeness (QED) is 0.424. The molecule has 0 aliphatic rings. The van der Waals surface area contributed by atoms with Gasteiger partial charge in [-0.25, -0.2) is 0 Å².